The topological polar surface area (TPSA) is 41.9 Å². The molecule has 0 N–H and O–H groups in total. The number of carbonyl (C=O) groups is 1. The summed E-state index contributed by atoms with van der Waals surface area (Å²) in [6.07, 6.45) is 7.40. The van der Waals surface area contributed by atoms with E-state index in [4.69, 9.17) is 4.74 Å². The fourth-order valence-corrected chi connectivity index (χ4v) is 2.24. The van der Waals surface area contributed by atoms with Gasteiger partial charge in [0.15, 0.2) is 0 Å². The summed E-state index contributed by atoms with van der Waals surface area (Å²) < 4.78 is 5.26. The molecule has 2 heterocycles. The van der Waals surface area contributed by atoms with Gasteiger partial charge >= 0.3 is 0 Å². The van der Waals surface area contributed by atoms with Crippen LogP contribution in [0.25, 0.3) is 0 Å². The quantitative estimate of drug-likeness (QED) is 0.550. The second-order valence-corrected chi connectivity index (χ2v) is 4.24. The molecule has 0 aromatic rings. The van der Waals surface area contributed by atoms with Crippen LogP contribution in [-0.2, 0) is 9.53 Å². The Morgan fingerprint density at radius 1 is 1.71 bits per heavy atom. The van der Waals surface area contributed by atoms with Crippen LogP contribution in [0.5, 0.6) is 0 Å². The van der Waals surface area contributed by atoms with Gasteiger partial charge < -0.3 is 9.64 Å². The maximum atomic E-state index is 12.2. The summed E-state index contributed by atoms with van der Waals surface area (Å²) in [5.74, 6) is 0.712. The number of unbranched alkanes of at least 4 members (excludes halogenated alkanes) is 1. The molecule has 0 saturated heterocycles. The number of carbonyl (C=O) groups excluding carboxylic acids is 1. The molecule has 1 atom stereocenters. The maximum absolute atomic E-state index is 12.2. The highest BCUT2D eigenvalue weighted by Gasteiger charge is 2.35. The van der Waals surface area contributed by atoms with Gasteiger partial charge in [-0.05, 0) is 25.7 Å². The summed E-state index contributed by atoms with van der Waals surface area (Å²) in [6.45, 7) is 4.44. The SMILES string of the molecule is C=CCCCC1N=C(OC)C2=CCCN2C1=O. The van der Waals surface area contributed by atoms with Crippen LogP contribution in [-0.4, -0.2) is 36.4 Å². The molecule has 0 fully saturated rings. The molecule has 0 aromatic heterocycles. The van der Waals surface area contributed by atoms with Gasteiger partial charge in [0.25, 0.3) is 5.91 Å². The zero-order chi connectivity index (χ0) is 12.3. The van der Waals surface area contributed by atoms with E-state index in [-0.39, 0.29) is 11.9 Å². The minimum atomic E-state index is -0.278. The van der Waals surface area contributed by atoms with Crippen molar-refractivity contribution in [2.45, 2.75) is 31.7 Å². The molecular formula is C13H18N2O2. The Bertz CT molecular complexity index is 385. The highest BCUT2D eigenvalue weighted by molar-refractivity contribution is 6.03. The van der Waals surface area contributed by atoms with E-state index in [0.717, 1.165) is 37.9 Å². The monoisotopic (exact) mass is 234 g/mol. The lowest BCUT2D eigenvalue weighted by molar-refractivity contribution is -0.130. The van der Waals surface area contributed by atoms with E-state index in [1.807, 2.05) is 12.2 Å². The number of allylic oxidation sites excluding steroid dienone is 1. The second kappa shape index (κ2) is 5.17. The minimum Gasteiger partial charge on any atom is -0.480 e. The molecule has 2 rings (SSSR count). The van der Waals surface area contributed by atoms with Crippen LogP contribution >= 0.6 is 0 Å². The summed E-state index contributed by atoms with van der Waals surface area (Å²) in [4.78, 5) is 18.4. The van der Waals surface area contributed by atoms with Gasteiger partial charge in [-0.25, -0.2) is 4.99 Å². The summed E-state index contributed by atoms with van der Waals surface area (Å²) in [5, 5.41) is 0. The van der Waals surface area contributed by atoms with Crippen LogP contribution in [0.2, 0.25) is 0 Å². The molecule has 92 valence electrons. The smallest absolute Gasteiger partial charge is 0.252 e. The fraction of sp³-hybridized carbons (Fsp3) is 0.538. The summed E-state index contributed by atoms with van der Waals surface area (Å²) >= 11 is 0. The first-order valence-electron chi connectivity index (χ1n) is 6.02. The lowest BCUT2D eigenvalue weighted by Crippen LogP contribution is -2.43. The van der Waals surface area contributed by atoms with E-state index >= 15 is 0 Å². The zero-order valence-electron chi connectivity index (χ0n) is 10.2. The van der Waals surface area contributed by atoms with Crippen molar-refractivity contribution in [2.24, 2.45) is 4.99 Å². The van der Waals surface area contributed by atoms with E-state index < -0.39 is 0 Å². The Labute approximate surface area is 102 Å². The van der Waals surface area contributed by atoms with Gasteiger partial charge in [-0.1, -0.05) is 12.2 Å². The van der Waals surface area contributed by atoms with Gasteiger partial charge in [0.2, 0.25) is 5.90 Å². The first-order chi connectivity index (χ1) is 8.27. The Morgan fingerprint density at radius 3 is 3.24 bits per heavy atom. The van der Waals surface area contributed by atoms with Crippen molar-refractivity contribution < 1.29 is 9.53 Å². The molecule has 0 bridgehead atoms. The van der Waals surface area contributed by atoms with Gasteiger partial charge in [-0.2, -0.15) is 0 Å². The summed E-state index contributed by atoms with van der Waals surface area (Å²) in [5.41, 5.74) is 0.845. The van der Waals surface area contributed by atoms with E-state index in [0.29, 0.717) is 5.90 Å². The van der Waals surface area contributed by atoms with Crippen molar-refractivity contribution >= 4 is 11.8 Å². The predicted molar refractivity (Wildman–Crippen MR) is 66.7 cm³/mol. The number of amides is 1. The average molecular weight is 234 g/mol. The van der Waals surface area contributed by atoms with Crippen LogP contribution < -0.4 is 0 Å². The highest BCUT2D eigenvalue weighted by atomic mass is 16.5. The fourth-order valence-electron chi connectivity index (χ4n) is 2.24. The van der Waals surface area contributed by atoms with Crippen LogP contribution in [0.15, 0.2) is 29.4 Å². The predicted octanol–water partition coefficient (Wildman–Crippen LogP) is 1.89. The maximum Gasteiger partial charge on any atom is 0.252 e. The largest absolute Gasteiger partial charge is 0.480 e. The van der Waals surface area contributed by atoms with Crippen molar-refractivity contribution in [1.82, 2.24) is 4.90 Å². The minimum absolute atomic E-state index is 0.110. The Balaban J connectivity index is 2.12. The molecule has 2 aliphatic heterocycles. The Morgan fingerprint density at radius 2 is 2.53 bits per heavy atom. The number of rotatable bonds is 4. The number of hydrogen-bond donors (Lipinski definition) is 0. The van der Waals surface area contributed by atoms with E-state index in [2.05, 4.69) is 11.6 Å². The zero-order valence-corrected chi connectivity index (χ0v) is 10.2. The molecule has 0 radical (unpaired) electrons. The van der Waals surface area contributed by atoms with Crippen molar-refractivity contribution in [3.8, 4) is 0 Å². The average Bonchev–Trinajstić information content (AvgIpc) is 2.82. The third-order valence-electron chi connectivity index (χ3n) is 3.10. The third kappa shape index (κ3) is 2.25. The lowest BCUT2D eigenvalue weighted by atomic mass is 10.1. The Hall–Kier alpha value is -1.58. The van der Waals surface area contributed by atoms with Gasteiger partial charge in [-0.15, -0.1) is 6.58 Å². The summed E-state index contributed by atoms with van der Waals surface area (Å²) in [7, 11) is 1.60. The standard InChI is InChI=1S/C13H18N2O2/c1-3-4-5-7-10-13(16)15-9-6-8-11(15)12(14-10)17-2/h3,8,10H,1,4-7,9H2,2H3. The number of aliphatic imine (C=N–C) groups is 1. The van der Waals surface area contributed by atoms with Crippen molar-refractivity contribution in [3.63, 3.8) is 0 Å². The van der Waals surface area contributed by atoms with Crippen LogP contribution in [0.1, 0.15) is 25.7 Å². The van der Waals surface area contributed by atoms with Gasteiger partial charge in [-0.3, -0.25) is 4.79 Å². The molecule has 0 saturated carbocycles. The molecular weight excluding hydrogens is 216 g/mol. The highest BCUT2D eigenvalue weighted by Crippen LogP contribution is 2.25. The van der Waals surface area contributed by atoms with Crippen molar-refractivity contribution in [1.29, 1.82) is 0 Å². The molecule has 0 aromatic carbocycles. The molecule has 4 heteroatoms. The third-order valence-corrected chi connectivity index (χ3v) is 3.10. The van der Waals surface area contributed by atoms with Gasteiger partial charge in [0, 0.05) is 6.54 Å². The first-order valence-corrected chi connectivity index (χ1v) is 6.02. The molecule has 0 spiro atoms. The van der Waals surface area contributed by atoms with Crippen LogP contribution in [0.4, 0.5) is 0 Å². The number of nitrogens with zero attached hydrogens (tertiary/aromatic N) is 2. The summed E-state index contributed by atoms with van der Waals surface area (Å²) in [6, 6.07) is -0.278. The van der Waals surface area contributed by atoms with E-state index in [1.54, 1.807) is 12.0 Å². The molecule has 1 amide bonds. The molecule has 1 unspecified atom stereocenters. The first kappa shape index (κ1) is 11.9. The van der Waals surface area contributed by atoms with E-state index in [9.17, 15) is 4.79 Å². The molecule has 4 nitrogen and oxygen atoms in total. The number of hydrogen-bond acceptors (Lipinski definition) is 3. The van der Waals surface area contributed by atoms with Crippen molar-refractivity contribution in [3.05, 3.63) is 24.4 Å². The normalized spacial score (nSPS) is 23.0. The van der Waals surface area contributed by atoms with Gasteiger partial charge in [0.1, 0.15) is 11.7 Å². The molecule has 0 aliphatic carbocycles. The van der Waals surface area contributed by atoms with E-state index in [1.165, 1.54) is 0 Å². The molecule has 17 heavy (non-hydrogen) atoms. The number of methoxy groups -OCH3 is 1. The van der Waals surface area contributed by atoms with Gasteiger partial charge in [0.05, 0.1) is 7.11 Å². The second-order valence-electron chi connectivity index (χ2n) is 4.24. The number of fused-ring (bicyclic) bond motifs is 1. The lowest BCUT2D eigenvalue weighted by Gasteiger charge is -2.29. The van der Waals surface area contributed by atoms with Crippen LogP contribution in [0.3, 0.4) is 0 Å². The van der Waals surface area contributed by atoms with Crippen LogP contribution in [0, 0.1) is 0 Å². The molecule has 2 aliphatic rings. The number of ether oxygens (including phenoxy) is 1. The Kier molecular flexibility index (Phi) is 3.61. The van der Waals surface area contributed by atoms with Crippen molar-refractivity contribution in [2.75, 3.05) is 13.7 Å².